The van der Waals surface area contributed by atoms with Gasteiger partial charge in [-0.25, -0.2) is 0 Å². The minimum Gasteiger partial charge on any atom is -0.396 e. The molecule has 0 aliphatic carbocycles. The quantitative estimate of drug-likeness (QED) is 0.646. The van der Waals surface area contributed by atoms with E-state index in [-0.39, 0.29) is 12.5 Å². The third kappa shape index (κ3) is 7.03. The van der Waals surface area contributed by atoms with Crippen LogP contribution in [0, 0.1) is 5.92 Å². The number of carbonyl (C=O) groups is 1. The van der Waals surface area contributed by atoms with E-state index >= 15 is 0 Å². The largest absolute Gasteiger partial charge is 0.396 e. The molecule has 5 heteroatoms. The van der Waals surface area contributed by atoms with Crippen molar-refractivity contribution in [2.45, 2.75) is 26.2 Å². The fourth-order valence-electron chi connectivity index (χ4n) is 2.07. The predicted molar refractivity (Wildman–Crippen MR) is 85.7 cm³/mol. The minimum atomic E-state index is -0.0495. The summed E-state index contributed by atoms with van der Waals surface area (Å²) in [6.07, 6.45) is 2.95. The lowest BCUT2D eigenvalue weighted by atomic mass is 10.0. The van der Waals surface area contributed by atoms with Crippen LogP contribution in [0.3, 0.4) is 0 Å². The summed E-state index contributed by atoms with van der Waals surface area (Å²) in [6.45, 7) is 3.39. The van der Waals surface area contributed by atoms with Crippen LogP contribution in [0.4, 0.5) is 5.69 Å². The second-order valence-electron chi connectivity index (χ2n) is 4.85. The zero-order chi connectivity index (χ0) is 14.8. The summed E-state index contributed by atoms with van der Waals surface area (Å²) in [5.41, 5.74) is 0.792. The number of nitrogens with one attached hydrogen (secondary N) is 2. The second-order valence-corrected chi connectivity index (χ2v) is 5.77. The molecule has 0 spiro atoms. The molecule has 0 saturated heterocycles. The van der Waals surface area contributed by atoms with Crippen LogP contribution >= 0.6 is 15.9 Å². The Morgan fingerprint density at radius 1 is 1.30 bits per heavy atom. The first-order chi connectivity index (χ1) is 9.65. The molecule has 20 heavy (non-hydrogen) atoms. The highest BCUT2D eigenvalue weighted by atomic mass is 79.9. The zero-order valence-electron chi connectivity index (χ0n) is 11.9. The molecule has 0 saturated carbocycles. The van der Waals surface area contributed by atoms with E-state index in [2.05, 4.69) is 33.5 Å². The lowest BCUT2D eigenvalue weighted by Gasteiger charge is -2.15. The standard InChI is InChI=1S/C15H23BrN2O2/c1-2-3-12(8-9-19)10-17-11-15(20)18-14-6-4-13(16)5-7-14/h4-7,12,17,19H,2-3,8-11H2,1H3,(H,18,20). The molecule has 0 heterocycles. The minimum absolute atomic E-state index is 0.0495. The molecule has 1 aromatic rings. The number of carbonyl (C=O) groups excluding carboxylic acids is 1. The highest BCUT2D eigenvalue weighted by Gasteiger charge is 2.08. The van der Waals surface area contributed by atoms with E-state index in [9.17, 15) is 4.79 Å². The van der Waals surface area contributed by atoms with E-state index < -0.39 is 0 Å². The number of benzene rings is 1. The van der Waals surface area contributed by atoms with Crippen molar-refractivity contribution in [3.63, 3.8) is 0 Å². The number of halogens is 1. The monoisotopic (exact) mass is 342 g/mol. The van der Waals surface area contributed by atoms with Gasteiger partial charge < -0.3 is 15.7 Å². The Hall–Kier alpha value is -0.910. The molecule has 0 aliphatic rings. The maximum atomic E-state index is 11.8. The smallest absolute Gasteiger partial charge is 0.238 e. The van der Waals surface area contributed by atoms with Gasteiger partial charge in [0.05, 0.1) is 6.54 Å². The first-order valence-electron chi connectivity index (χ1n) is 7.02. The fraction of sp³-hybridized carbons (Fsp3) is 0.533. The molecular weight excluding hydrogens is 320 g/mol. The van der Waals surface area contributed by atoms with Gasteiger partial charge in [-0.05, 0) is 49.6 Å². The number of hydrogen-bond acceptors (Lipinski definition) is 3. The molecule has 0 aromatic heterocycles. The molecule has 4 nitrogen and oxygen atoms in total. The average molecular weight is 343 g/mol. The van der Waals surface area contributed by atoms with E-state index in [1.54, 1.807) is 0 Å². The van der Waals surface area contributed by atoms with Gasteiger partial charge in [0.1, 0.15) is 0 Å². The maximum absolute atomic E-state index is 11.8. The van der Waals surface area contributed by atoms with Gasteiger partial charge in [0.25, 0.3) is 0 Å². The second kappa shape index (κ2) is 9.91. The van der Waals surface area contributed by atoms with Gasteiger partial charge in [-0.2, -0.15) is 0 Å². The van der Waals surface area contributed by atoms with E-state index in [1.807, 2.05) is 24.3 Å². The van der Waals surface area contributed by atoms with E-state index in [1.165, 1.54) is 0 Å². The van der Waals surface area contributed by atoms with Crippen LogP contribution in [0.2, 0.25) is 0 Å². The van der Waals surface area contributed by atoms with Crippen molar-refractivity contribution >= 4 is 27.5 Å². The summed E-state index contributed by atoms with van der Waals surface area (Å²) in [5, 5.41) is 15.0. The van der Waals surface area contributed by atoms with E-state index in [0.717, 1.165) is 36.0 Å². The van der Waals surface area contributed by atoms with Crippen molar-refractivity contribution < 1.29 is 9.90 Å². The summed E-state index contributed by atoms with van der Waals surface area (Å²) < 4.78 is 0.986. The number of amides is 1. The summed E-state index contributed by atoms with van der Waals surface area (Å²) in [4.78, 5) is 11.8. The third-order valence-electron chi connectivity index (χ3n) is 3.08. The Morgan fingerprint density at radius 2 is 2.00 bits per heavy atom. The Labute approximate surface area is 129 Å². The summed E-state index contributed by atoms with van der Waals surface area (Å²) in [5.74, 6) is 0.386. The van der Waals surface area contributed by atoms with Crippen LogP contribution in [-0.4, -0.2) is 30.7 Å². The Morgan fingerprint density at radius 3 is 2.60 bits per heavy atom. The SMILES string of the molecule is CCCC(CCO)CNCC(=O)Nc1ccc(Br)cc1. The van der Waals surface area contributed by atoms with Crippen molar-refractivity contribution in [2.75, 3.05) is 25.0 Å². The van der Waals surface area contributed by atoms with Crippen LogP contribution in [0.15, 0.2) is 28.7 Å². The number of aliphatic hydroxyl groups is 1. The zero-order valence-corrected chi connectivity index (χ0v) is 13.4. The fourth-order valence-corrected chi connectivity index (χ4v) is 2.33. The highest BCUT2D eigenvalue weighted by molar-refractivity contribution is 9.10. The van der Waals surface area contributed by atoms with E-state index in [0.29, 0.717) is 12.5 Å². The number of rotatable bonds is 9. The van der Waals surface area contributed by atoms with Crippen LogP contribution in [-0.2, 0) is 4.79 Å². The summed E-state index contributed by atoms with van der Waals surface area (Å²) >= 11 is 3.35. The number of hydrogen-bond donors (Lipinski definition) is 3. The van der Waals surface area contributed by atoms with Crippen molar-refractivity contribution in [3.8, 4) is 0 Å². The number of aliphatic hydroxyl groups excluding tert-OH is 1. The van der Waals surface area contributed by atoms with Gasteiger partial charge in [0.15, 0.2) is 0 Å². The normalized spacial score (nSPS) is 12.2. The first-order valence-corrected chi connectivity index (χ1v) is 7.82. The third-order valence-corrected chi connectivity index (χ3v) is 3.61. The molecule has 0 aliphatic heterocycles. The summed E-state index contributed by atoms with van der Waals surface area (Å²) in [6, 6.07) is 7.49. The van der Waals surface area contributed by atoms with Gasteiger partial charge in [-0.3, -0.25) is 4.79 Å². The van der Waals surface area contributed by atoms with Gasteiger partial charge in [-0.15, -0.1) is 0 Å². The molecule has 0 radical (unpaired) electrons. The molecule has 0 fully saturated rings. The molecule has 1 amide bonds. The van der Waals surface area contributed by atoms with Crippen LogP contribution in [0.5, 0.6) is 0 Å². The molecule has 1 unspecified atom stereocenters. The molecule has 3 N–H and O–H groups in total. The molecule has 112 valence electrons. The van der Waals surface area contributed by atoms with Crippen LogP contribution in [0.1, 0.15) is 26.2 Å². The van der Waals surface area contributed by atoms with E-state index in [4.69, 9.17) is 5.11 Å². The molecule has 1 atom stereocenters. The van der Waals surface area contributed by atoms with Gasteiger partial charge >= 0.3 is 0 Å². The highest BCUT2D eigenvalue weighted by Crippen LogP contribution is 2.14. The van der Waals surface area contributed by atoms with Crippen molar-refractivity contribution in [1.82, 2.24) is 5.32 Å². The first kappa shape index (κ1) is 17.1. The summed E-state index contributed by atoms with van der Waals surface area (Å²) in [7, 11) is 0. The molecular formula is C15H23BrN2O2. The van der Waals surface area contributed by atoms with Crippen LogP contribution in [0.25, 0.3) is 0 Å². The van der Waals surface area contributed by atoms with Crippen LogP contribution < -0.4 is 10.6 Å². The van der Waals surface area contributed by atoms with Gasteiger partial charge in [0.2, 0.25) is 5.91 Å². The van der Waals surface area contributed by atoms with Crippen molar-refractivity contribution in [2.24, 2.45) is 5.92 Å². The maximum Gasteiger partial charge on any atom is 0.238 e. The lowest BCUT2D eigenvalue weighted by molar-refractivity contribution is -0.115. The molecule has 0 bridgehead atoms. The Kier molecular flexibility index (Phi) is 8.49. The van der Waals surface area contributed by atoms with Gasteiger partial charge in [0, 0.05) is 16.8 Å². The lowest BCUT2D eigenvalue weighted by Crippen LogP contribution is -2.32. The Balaban J connectivity index is 2.26. The van der Waals surface area contributed by atoms with Gasteiger partial charge in [-0.1, -0.05) is 29.3 Å². The molecule has 1 rings (SSSR count). The van der Waals surface area contributed by atoms with Crippen molar-refractivity contribution in [3.05, 3.63) is 28.7 Å². The predicted octanol–water partition coefficient (Wildman–Crippen LogP) is 2.78. The number of anilines is 1. The topological polar surface area (TPSA) is 61.4 Å². The average Bonchev–Trinajstić information content (AvgIpc) is 2.42. The van der Waals surface area contributed by atoms with Crippen molar-refractivity contribution in [1.29, 1.82) is 0 Å². The molecule has 1 aromatic carbocycles. The Bertz CT molecular complexity index is 389.